The van der Waals surface area contributed by atoms with Crippen molar-refractivity contribution >= 4 is 101 Å². The summed E-state index contributed by atoms with van der Waals surface area (Å²) in [5, 5.41) is 57.9. The number of nitriles is 3. The molecule has 6 aromatic rings. The fourth-order valence-corrected chi connectivity index (χ4v) is 7.53. The first kappa shape index (κ1) is 41.6. The summed E-state index contributed by atoms with van der Waals surface area (Å²) in [6, 6.07) is 30.3. The molecule has 0 unspecified atom stereocenters. The van der Waals surface area contributed by atoms with Crippen molar-refractivity contribution in [3.8, 4) is 29.3 Å². The normalized spacial score (nSPS) is 11.2. The number of nitrogens with one attached hydrogen (secondary N) is 3. The fourth-order valence-electron chi connectivity index (χ4n) is 5.49. The van der Waals surface area contributed by atoms with E-state index in [1.54, 1.807) is 86.6 Å². The average molecular weight is 861 g/mol. The third-order valence-corrected chi connectivity index (χ3v) is 10.9. The second-order valence-electron chi connectivity index (χ2n) is 12.2. The Morgan fingerprint density at radius 1 is 0.797 bits per heavy atom. The summed E-state index contributed by atoms with van der Waals surface area (Å²) < 4.78 is 33.6. The van der Waals surface area contributed by atoms with E-state index in [9.17, 15) is 33.6 Å². The van der Waals surface area contributed by atoms with Gasteiger partial charge in [0.05, 0.1) is 16.1 Å². The number of aromatic nitrogens is 1. The molecule has 4 N–H and O–H groups in total. The molecule has 0 spiro atoms. The predicted molar refractivity (Wildman–Crippen MR) is 226 cm³/mol. The van der Waals surface area contributed by atoms with Crippen LogP contribution < -0.4 is 16.0 Å². The topological polar surface area (TPSA) is 241 Å². The molecule has 0 saturated heterocycles. The van der Waals surface area contributed by atoms with Crippen LogP contribution in [0.3, 0.4) is 0 Å². The van der Waals surface area contributed by atoms with Gasteiger partial charge in [-0.3, -0.25) is 9.35 Å². The standard InChI is InChI=1S/C40H27Cl2N11O4S2/c1-3-34(54)46-27-9-6-8-23(17-27)35-30(21-45)39(58-40(35)53-50-32-10-5-4-7-24(32)19-43)52-51-36-22(2)29(20-44)37(49-38(36)47-26-13-11-25(41)12-14-26)48-28-15-16-31(42)33(18-28)59(55,56)57/h4-18H,3H2,1-2H3,(H,46,54)(H2,47,48,49)(H,55,56,57). The van der Waals surface area contributed by atoms with Crippen molar-refractivity contribution in [2.75, 3.05) is 16.0 Å². The molecule has 0 aliphatic carbocycles. The number of halogens is 2. The Morgan fingerprint density at radius 2 is 1.49 bits per heavy atom. The maximum absolute atomic E-state index is 12.2. The summed E-state index contributed by atoms with van der Waals surface area (Å²) in [6.07, 6.45) is 0.248. The van der Waals surface area contributed by atoms with Crippen LogP contribution in [0.15, 0.2) is 116 Å². The Labute approximate surface area is 351 Å². The van der Waals surface area contributed by atoms with Gasteiger partial charge in [-0.25, -0.2) is 4.98 Å². The van der Waals surface area contributed by atoms with Gasteiger partial charge in [0.2, 0.25) is 5.91 Å². The molecule has 0 bridgehead atoms. The van der Waals surface area contributed by atoms with Crippen LogP contribution in [-0.2, 0) is 14.9 Å². The molecule has 6 rings (SSSR count). The van der Waals surface area contributed by atoms with Crippen molar-refractivity contribution < 1.29 is 17.8 Å². The SMILES string of the molecule is CCC(=O)Nc1cccc(-c2c(N=Nc3ccccc3C#N)sc(N=Nc3c(Nc4ccc(Cl)cc4)nc(Nc4ccc(Cl)c(S(=O)(=O)O)c4)c(C#N)c3C)c2C#N)c1. The van der Waals surface area contributed by atoms with Gasteiger partial charge >= 0.3 is 0 Å². The van der Waals surface area contributed by atoms with Crippen LogP contribution in [0.5, 0.6) is 0 Å². The molecule has 15 nitrogen and oxygen atoms in total. The van der Waals surface area contributed by atoms with E-state index in [1.165, 1.54) is 12.1 Å². The number of benzene rings is 4. The van der Waals surface area contributed by atoms with Gasteiger partial charge in [-0.05, 0) is 79.2 Å². The second kappa shape index (κ2) is 18.0. The zero-order valence-electron chi connectivity index (χ0n) is 30.7. The lowest BCUT2D eigenvalue weighted by Crippen LogP contribution is -2.09. The lowest BCUT2D eigenvalue weighted by atomic mass is 10.0. The number of hydrogen-bond donors (Lipinski definition) is 4. The highest BCUT2D eigenvalue weighted by molar-refractivity contribution is 7.86. The molecule has 0 aliphatic rings. The van der Waals surface area contributed by atoms with Crippen LogP contribution >= 0.6 is 34.5 Å². The first-order chi connectivity index (χ1) is 28.3. The predicted octanol–water partition coefficient (Wildman–Crippen LogP) is 12.0. The van der Waals surface area contributed by atoms with E-state index in [0.717, 1.165) is 17.4 Å². The Bertz CT molecular complexity index is 2930. The molecule has 0 saturated carbocycles. The zero-order chi connectivity index (χ0) is 42.3. The van der Waals surface area contributed by atoms with E-state index in [2.05, 4.69) is 59.6 Å². The number of carbonyl (C=O) groups is 1. The zero-order valence-corrected chi connectivity index (χ0v) is 33.8. The smallest absolute Gasteiger partial charge is 0.296 e. The van der Waals surface area contributed by atoms with E-state index in [4.69, 9.17) is 23.2 Å². The van der Waals surface area contributed by atoms with Crippen LogP contribution in [0.25, 0.3) is 11.1 Å². The Hall–Kier alpha value is -7.04. The monoisotopic (exact) mass is 859 g/mol. The highest BCUT2D eigenvalue weighted by Gasteiger charge is 2.24. The van der Waals surface area contributed by atoms with E-state index in [-0.39, 0.29) is 72.6 Å². The van der Waals surface area contributed by atoms with Gasteiger partial charge in [-0.2, -0.15) is 24.2 Å². The number of thiophene rings is 1. The molecule has 0 fully saturated rings. The third-order valence-electron chi connectivity index (χ3n) is 8.36. The number of amides is 1. The third kappa shape index (κ3) is 9.57. The van der Waals surface area contributed by atoms with E-state index in [0.29, 0.717) is 33.2 Å². The molecule has 19 heteroatoms. The van der Waals surface area contributed by atoms with Crippen LogP contribution in [0.2, 0.25) is 10.0 Å². The minimum atomic E-state index is -4.69. The molecular formula is C40H27Cl2N11O4S2. The maximum Gasteiger partial charge on any atom is 0.296 e. The summed E-state index contributed by atoms with van der Waals surface area (Å²) >= 11 is 13.1. The Morgan fingerprint density at radius 3 is 2.19 bits per heavy atom. The highest BCUT2D eigenvalue weighted by atomic mass is 35.5. The Balaban J connectivity index is 1.51. The summed E-state index contributed by atoms with van der Waals surface area (Å²) in [6.45, 7) is 3.32. The van der Waals surface area contributed by atoms with E-state index < -0.39 is 15.0 Å². The lowest BCUT2D eigenvalue weighted by Gasteiger charge is -2.16. The fraction of sp³-hybridized carbons (Fsp3) is 0.0750. The second-order valence-corrected chi connectivity index (χ2v) is 15.4. The van der Waals surface area contributed by atoms with Crippen LogP contribution in [0, 0.1) is 40.9 Å². The van der Waals surface area contributed by atoms with Crippen molar-refractivity contribution in [2.45, 2.75) is 25.2 Å². The number of carbonyl (C=O) groups excluding carboxylic acids is 1. The Kier molecular flexibility index (Phi) is 12.7. The number of anilines is 5. The summed E-state index contributed by atoms with van der Waals surface area (Å²) in [5.41, 5.74) is 3.06. The first-order valence-corrected chi connectivity index (χ1v) is 20.2. The number of azo groups is 2. The lowest BCUT2D eigenvalue weighted by molar-refractivity contribution is -0.115. The van der Waals surface area contributed by atoms with Gasteiger partial charge < -0.3 is 16.0 Å². The number of rotatable bonds is 12. The summed E-state index contributed by atoms with van der Waals surface area (Å²) in [7, 11) is -4.69. The van der Waals surface area contributed by atoms with Crippen molar-refractivity contribution in [3.63, 3.8) is 0 Å². The quantitative estimate of drug-likeness (QED) is 0.0670. The average Bonchev–Trinajstić information content (AvgIpc) is 3.58. The molecule has 59 heavy (non-hydrogen) atoms. The van der Waals surface area contributed by atoms with Gasteiger partial charge in [-0.1, -0.05) is 65.7 Å². The number of nitrogens with zero attached hydrogens (tertiary/aromatic N) is 8. The van der Waals surface area contributed by atoms with Crippen LogP contribution in [0.1, 0.15) is 35.6 Å². The summed E-state index contributed by atoms with van der Waals surface area (Å²) in [4.78, 5) is 16.3. The van der Waals surface area contributed by atoms with Crippen molar-refractivity contribution in [1.82, 2.24) is 4.98 Å². The van der Waals surface area contributed by atoms with Crippen molar-refractivity contribution in [2.24, 2.45) is 20.5 Å². The van der Waals surface area contributed by atoms with E-state index >= 15 is 0 Å². The summed E-state index contributed by atoms with van der Waals surface area (Å²) in [5.74, 6) is -0.117. The minimum absolute atomic E-state index is 0.00413. The van der Waals surface area contributed by atoms with Gasteiger partial charge in [0.25, 0.3) is 10.1 Å². The molecular weight excluding hydrogens is 834 g/mol. The molecule has 2 aromatic heterocycles. The first-order valence-electron chi connectivity index (χ1n) is 17.1. The van der Waals surface area contributed by atoms with Gasteiger partial charge in [0, 0.05) is 39.6 Å². The van der Waals surface area contributed by atoms with Gasteiger partial charge in [0.15, 0.2) is 16.6 Å². The van der Waals surface area contributed by atoms with Gasteiger partial charge in [0.1, 0.15) is 45.0 Å². The molecule has 2 heterocycles. The number of pyridine rings is 1. The molecule has 0 radical (unpaired) electrons. The molecule has 4 aromatic carbocycles. The van der Waals surface area contributed by atoms with Gasteiger partial charge in [-0.15, -0.1) is 20.5 Å². The van der Waals surface area contributed by atoms with Crippen LogP contribution in [0.4, 0.5) is 50.1 Å². The van der Waals surface area contributed by atoms with Crippen molar-refractivity contribution in [1.29, 1.82) is 15.8 Å². The maximum atomic E-state index is 12.2. The van der Waals surface area contributed by atoms with Crippen molar-refractivity contribution in [3.05, 3.63) is 123 Å². The van der Waals surface area contributed by atoms with E-state index in [1.807, 2.05) is 0 Å². The largest absolute Gasteiger partial charge is 0.339 e. The van der Waals surface area contributed by atoms with Crippen LogP contribution in [-0.4, -0.2) is 23.9 Å². The molecule has 0 atom stereocenters. The highest BCUT2D eigenvalue weighted by Crippen LogP contribution is 2.49. The molecule has 0 aliphatic heterocycles. The molecule has 1 amide bonds. The molecule has 292 valence electrons. The number of hydrogen-bond acceptors (Lipinski definition) is 14. The minimum Gasteiger partial charge on any atom is -0.339 e.